The summed E-state index contributed by atoms with van der Waals surface area (Å²) >= 11 is 0. The molecule has 3 nitrogen and oxygen atoms in total. The number of nitrogens with zero attached hydrogens (tertiary/aromatic N) is 3. The van der Waals surface area contributed by atoms with Gasteiger partial charge < -0.3 is 4.90 Å². The zero-order valence-electron chi connectivity index (χ0n) is 11.1. The Morgan fingerprint density at radius 3 is 2.32 bits per heavy atom. The van der Waals surface area contributed by atoms with Crippen LogP contribution in [-0.4, -0.2) is 23.1 Å². The van der Waals surface area contributed by atoms with Gasteiger partial charge in [-0.25, -0.2) is 4.98 Å². The van der Waals surface area contributed by atoms with Crippen molar-refractivity contribution >= 4 is 5.82 Å². The van der Waals surface area contributed by atoms with E-state index in [9.17, 15) is 0 Å². The molecule has 0 saturated carbocycles. The van der Waals surface area contributed by atoms with Crippen molar-refractivity contribution in [2.45, 2.75) is 25.7 Å². The van der Waals surface area contributed by atoms with Crippen molar-refractivity contribution < 1.29 is 0 Å². The van der Waals surface area contributed by atoms with Gasteiger partial charge >= 0.3 is 0 Å². The monoisotopic (exact) mass is 253 g/mol. The minimum atomic E-state index is 0.984. The Hall–Kier alpha value is -1.90. The highest BCUT2D eigenvalue weighted by Crippen LogP contribution is 2.21. The SMILES string of the molecule is c1ccc(-c2ccc(N3CCCCCC3)nc2)nc1. The Balaban J connectivity index is 1.78. The molecule has 3 heteroatoms. The number of pyridine rings is 2. The number of hydrogen-bond acceptors (Lipinski definition) is 3. The van der Waals surface area contributed by atoms with E-state index in [-0.39, 0.29) is 0 Å². The Morgan fingerprint density at radius 1 is 0.842 bits per heavy atom. The van der Waals surface area contributed by atoms with Gasteiger partial charge in [0.1, 0.15) is 5.82 Å². The normalized spacial score (nSPS) is 16.1. The van der Waals surface area contributed by atoms with Crippen molar-refractivity contribution in [2.24, 2.45) is 0 Å². The number of hydrogen-bond donors (Lipinski definition) is 0. The van der Waals surface area contributed by atoms with Crippen molar-refractivity contribution in [3.8, 4) is 11.3 Å². The van der Waals surface area contributed by atoms with Crippen molar-refractivity contribution in [3.05, 3.63) is 42.7 Å². The second-order valence-corrected chi connectivity index (χ2v) is 5.02. The van der Waals surface area contributed by atoms with Crippen LogP contribution in [0.2, 0.25) is 0 Å². The highest BCUT2D eigenvalue weighted by molar-refractivity contribution is 5.59. The quantitative estimate of drug-likeness (QED) is 0.820. The molecule has 0 N–H and O–H groups in total. The van der Waals surface area contributed by atoms with Crippen LogP contribution in [0.3, 0.4) is 0 Å². The summed E-state index contributed by atoms with van der Waals surface area (Å²) in [5, 5.41) is 0. The predicted octanol–water partition coefficient (Wildman–Crippen LogP) is 3.52. The third kappa shape index (κ3) is 2.92. The molecule has 3 rings (SSSR count). The van der Waals surface area contributed by atoms with E-state index in [1.54, 1.807) is 0 Å². The van der Waals surface area contributed by atoms with Gasteiger partial charge in [0.25, 0.3) is 0 Å². The van der Waals surface area contributed by atoms with E-state index in [4.69, 9.17) is 0 Å². The van der Waals surface area contributed by atoms with Crippen LogP contribution in [0.4, 0.5) is 5.82 Å². The average Bonchev–Trinajstić information content (AvgIpc) is 2.77. The summed E-state index contributed by atoms with van der Waals surface area (Å²) < 4.78 is 0. The minimum absolute atomic E-state index is 0.984. The summed E-state index contributed by atoms with van der Waals surface area (Å²) in [6, 6.07) is 10.2. The second kappa shape index (κ2) is 5.83. The van der Waals surface area contributed by atoms with Crippen LogP contribution in [0, 0.1) is 0 Å². The van der Waals surface area contributed by atoms with E-state index in [1.165, 1.54) is 25.7 Å². The van der Waals surface area contributed by atoms with Gasteiger partial charge in [-0.15, -0.1) is 0 Å². The van der Waals surface area contributed by atoms with Crippen molar-refractivity contribution in [1.29, 1.82) is 0 Å². The molecular formula is C16H19N3. The molecule has 3 heterocycles. The average molecular weight is 253 g/mol. The largest absolute Gasteiger partial charge is 0.357 e. The van der Waals surface area contributed by atoms with Gasteiger partial charge in [-0.1, -0.05) is 18.9 Å². The molecule has 0 bridgehead atoms. The maximum absolute atomic E-state index is 4.61. The van der Waals surface area contributed by atoms with Crippen LogP contribution in [0.25, 0.3) is 11.3 Å². The summed E-state index contributed by atoms with van der Waals surface area (Å²) in [5.41, 5.74) is 2.07. The first kappa shape index (κ1) is 12.2. The summed E-state index contributed by atoms with van der Waals surface area (Å²) in [7, 11) is 0. The first-order valence-corrected chi connectivity index (χ1v) is 7.06. The summed E-state index contributed by atoms with van der Waals surface area (Å²) in [5.74, 6) is 1.10. The van der Waals surface area contributed by atoms with Crippen molar-refractivity contribution in [2.75, 3.05) is 18.0 Å². The number of rotatable bonds is 2. The molecule has 0 atom stereocenters. The van der Waals surface area contributed by atoms with Gasteiger partial charge in [0.2, 0.25) is 0 Å². The Morgan fingerprint density at radius 2 is 1.68 bits per heavy atom. The molecule has 98 valence electrons. The lowest BCUT2D eigenvalue weighted by atomic mass is 10.2. The predicted molar refractivity (Wildman–Crippen MR) is 78.1 cm³/mol. The molecule has 2 aromatic heterocycles. The lowest BCUT2D eigenvalue weighted by Gasteiger charge is -2.21. The first-order chi connectivity index (χ1) is 9.43. The molecule has 19 heavy (non-hydrogen) atoms. The Labute approximate surface area is 114 Å². The van der Waals surface area contributed by atoms with Crippen LogP contribution in [-0.2, 0) is 0 Å². The zero-order chi connectivity index (χ0) is 12.9. The number of anilines is 1. The smallest absolute Gasteiger partial charge is 0.128 e. The maximum atomic E-state index is 4.61. The molecule has 0 radical (unpaired) electrons. The van der Waals surface area contributed by atoms with Crippen molar-refractivity contribution in [3.63, 3.8) is 0 Å². The molecule has 1 aliphatic heterocycles. The third-order valence-electron chi connectivity index (χ3n) is 3.64. The Bertz CT molecular complexity index is 499. The molecule has 0 amide bonds. The first-order valence-electron chi connectivity index (χ1n) is 7.06. The van der Waals surface area contributed by atoms with Gasteiger partial charge in [0.15, 0.2) is 0 Å². The summed E-state index contributed by atoms with van der Waals surface area (Å²) in [6.07, 6.45) is 9.01. The zero-order valence-corrected chi connectivity index (χ0v) is 11.1. The van der Waals surface area contributed by atoms with Crippen LogP contribution in [0.15, 0.2) is 42.7 Å². The molecule has 0 unspecified atom stereocenters. The second-order valence-electron chi connectivity index (χ2n) is 5.02. The van der Waals surface area contributed by atoms with Crippen LogP contribution >= 0.6 is 0 Å². The molecule has 1 fully saturated rings. The Kier molecular flexibility index (Phi) is 3.73. The molecule has 0 spiro atoms. The van der Waals surface area contributed by atoms with Gasteiger partial charge in [0.05, 0.1) is 5.69 Å². The van der Waals surface area contributed by atoms with E-state index in [0.717, 1.165) is 30.2 Å². The molecule has 1 aliphatic rings. The van der Waals surface area contributed by atoms with E-state index < -0.39 is 0 Å². The number of aromatic nitrogens is 2. The van der Waals surface area contributed by atoms with Gasteiger partial charge in [-0.05, 0) is 37.1 Å². The highest BCUT2D eigenvalue weighted by Gasteiger charge is 2.10. The lowest BCUT2D eigenvalue weighted by molar-refractivity contribution is 0.726. The lowest BCUT2D eigenvalue weighted by Crippen LogP contribution is -2.24. The standard InChI is InChI=1S/C16H19N3/c1-2-6-12-19(11-5-1)16-9-8-14(13-18-16)15-7-3-4-10-17-15/h3-4,7-10,13H,1-2,5-6,11-12H2. The van der Waals surface area contributed by atoms with E-state index in [2.05, 4.69) is 27.0 Å². The van der Waals surface area contributed by atoms with Crippen LogP contribution < -0.4 is 4.90 Å². The molecule has 2 aromatic rings. The minimum Gasteiger partial charge on any atom is -0.357 e. The van der Waals surface area contributed by atoms with E-state index in [1.807, 2.05) is 30.6 Å². The van der Waals surface area contributed by atoms with Crippen LogP contribution in [0.5, 0.6) is 0 Å². The van der Waals surface area contributed by atoms with E-state index in [0.29, 0.717) is 0 Å². The van der Waals surface area contributed by atoms with Gasteiger partial charge in [-0.2, -0.15) is 0 Å². The topological polar surface area (TPSA) is 29.0 Å². The third-order valence-corrected chi connectivity index (χ3v) is 3.64. The molecule has 0 aliphatic carbocycles. The van der Waals surface area contributed by atoms with Gasteiger partial charge in [0, 0.05) is 31.0 Å². The summed E-state index contributed by atoms with van der Waals surface area (Å²) in [4.78, 5) is 11.4. The summed E-state index contributed by atoms with van der Waals surface area (Å²) in [6.45, 7) is 2.27. The fraction of sp³-hybridized carbons (Fsp3) is 0.375. The fourth-order valence-corrected chi connectivity index (χ4v) is 2.56. The molecule has 1 saturated heterocycles. The highest BCUT2D eigenvalue weighted by atomic mass is 15.2. The maximum Gasteiger partial charge on any atom is 0.128 e. The molecular weight excluding hydrogens is 234 g/mol. The van der Waals surface area contributed by atoms with Crippen molar-refractivity contribution in [1.82, 2.24) is 9.97 Å². The van der Waals surface area contributed by atoms with Crippen LogP contribution in [0.1, 0.15) is 25.7 Å². The molecule has 0 aromatic carbocycles. The van der Waals surface area contributed by atoms with E-state index >= 15 is 0 Å². The fourth-order valence-electron chi connectivity index (χ4n) is 2.56. The van der Waals surface area contributed by atoms with Gasteiger partial charge in [-0.3, -0.25) is 4.98 Å².